The van der Waals surface area contributed by atoms with E-state index in [1.54, 1.807) is 0 Å². The van der Waals surface area contributed by atoms with E-state index < -0.39 is 42.2 Å². The van der Waals surface area contributed by atoms with Crippen LogP contribution in [0.2, 0.25) is 0 Å². The van der Waals surface area contributed by atoms with Gasteiger partial charge >= 0.3 is 18.0 Å². The number of nitrogens with two attached hydrogens (primary N) is 1. The third-order valence-electron chi connectivity index (χ3n) is 4.47. The van der Waals surface area contributed by atoms with Gasteiger partial charge in [-0.3, -0.25) is 4.79 Å². The highest BCUT2D eigenvalue weighted by atomic mass is 16.4. The van der Waals surface area contributed by atoms with Crippen LogP contribution in [0.4, 0.5) is 4.79 Å². The number of hydrogen-bond donors (Lipinski definition) is 7. The lowest BCUT2D eigenvalue weighted by Gasteiger charge is -2.41. The van der Waals surface area contributed by atoms with E-state index in [0.717, 1.165) is 0 Å². The van der Waals surface area contributed by atoms with Gasteiger partial charge in [0, 0.05) is 13.0 Å². The van der Waals surface area contributed by atoms with Crippen LogP contribution in [0.25, 0.3) is 0 Å². The predicted octanol–water partition coefficient (Wildman–Crippen LogP) is -1.72. The second-order valence-electron chi connectivity index (χ2n) is 6.73. The highest BCUT2D eigenvalue weighted by Gasteiger charge is 2.46. The van der Waals surface area contributed by atoms with Gasteiger partial charge in [0.2, 0.25) is 11.8 Å². The Morgan fingerprint density at radius 2 is 1.89 bits per heavy atom. The van der Waals surface area contributed by atoms with Crippen molar-refractivity contribution in [2.75, 3.05) is 13.2 Å². The third-order valence-corrected chi connectivity index (χ3v) is 4.47. The Bertz CT molecular complexity index is 717. The molecule has 28 heavy (non-hydrogen) atoms. The largest absolute Gasteiger partial charge is 0.481 e. The number of urea groups is 1. The van der Waals surface area contributed by atoms with E-state index in [0.29, 0.717) is 12.8 Å². The molecule has 1 saturated carbocycles. The molecule has 0 saturated heterocycles. The molecule has 8 N–H and O–H groups in total. The van der Waals surface area contributed by atoms with Crippen LogP contribution in [0.3, 0.4) is 0 Å². The van der Waals surface area contributed by atoms with Gasteiger partial charge in [0.1, 0.15) is 6.04 Å². The summed E-state index contributed by atoms with van der Waals surface area (Å²) in [7, 11) is 0. The third kappa shape index (κ3) is 5.15. The van der Waals surface area contributed by atoms with E-state index in [9.17, 15) is 14.4 Å². The molecule has 2 rings (SSSR count). The van der Waals surface area contributed by atoms with Crippen LogP contribution in [0.5, 0.6) is 0 Å². The molecule has 0 aliphatic heterocycles. The van der Waals surface area contributed by atoms with E-state index in [-0.39, 0.29) is 37.1 Å². The molecule has 1 aliphatic carbocycles. The van der Waals surface area contributed by atoms with Gasteiger partial charge in [-0.1, -0.05) is 0 Å². The molecule has 13 nitrogen and oxygen atoms in total. The lowest BCUT2D eigenvalue weighted by molar-refractivity contribution is -0.140. The van der Waals surface area contributed by atoms with Crippen molar-refractivity contribution in [2.45, 2.75) is 43.3 Å². The van der Waals surface area contributed by atoms with Crippen molar-refractivity contribution in [2.24, 2.45) is 11.7 Å². The summed E-state index contributed by atoms with van der Waals surface area (Å²) in [6.07, 6.45) is 0.453. The molecule has 0 radical (unpaired) electrons. The topological polar surface area (TPSA) is 221 Å². The molecule has 0 bridgehead atoms. The molecule has 1 heterocycles. The zero-order chi connectivity index (χ0) is 20.9. The fourth-order valence-corrected chi connectivity index (χ4v) is 2.92. The summed E-state index contributed by atoms with van der Waals surface area (Å²) in [6.45, 7) is -0.840. The zero-order valence-electron chi connectivity index (χ0n) is 14.9. The van der Waals surface area contributed by atoms with Crippen molar-refractivity contribution < 1.29 is 39.2 Å². The maximum absolute atomic E-state index is 12.0. The van der Waals surface area contributed by atoms with E-state index in [4.69, 9.17) is 30.6 Å². The van der Waals surface area contributed by atoms with E-state index in [2.05, 4.69) is 15.5 Å². The summed E-state index contributed by atoms with van der Waals surface area (Å²) < 4.78 is 5.53. The number of hydrogen-bond acceptors (Lipinski definition) is 9. The molecule has 1 aliphatic rings. The smallest absolute Gasteiger partial charge is 0.328 e. The first-order chi connectivity index (χ1) is 13.2. The number of rotatable bonds is 10. The second-order valence-corrected chi connectivity index (χ2v) is 6.73. The Morgan fingerprint density at radius 3 is 2.43 bits per heavy atom. The Kier molecular flexibility index (Phi) is 6.88. The maximum atomic E-state index is 12.0. The van der Waals surface area contributed by atoms with Gasteiger partial charge in [-0.05, 0) is 25.2 Å². The van der Waals surface area contributed by atoms with Crippen molar-refractivity contribution in [3.8, 4) is 0 Å². The van der Waals surface area contributed by atoms with Gasteiger partial charge in [0.05, 0.1) is 12.1 Å². The van der Waals surface area contributed by atoms with Crippen LogP contribution in [0, 0.1) is 5.92 Å². The quantitative estimate of drug-likeness (QED) is 0.233. The minimum atomic E-state index is -1.53. The number of aliphatic carboxylic acids is 2. The standard InChI is InChI=1S/C15H23N5O8/c16-15(3-7(4-15)5-21)13-20-19-11(28-13)8(1-2-10(23)24)17-14(27)18-9(6-22)12(25)26/h7-9,21-22H,1-6,16H2,(H,23,24)(H,25,26)(H2,17,18,27). The SMILES string of the molecule is NC1(c2nnc(C(CCC(=O)O)NC(=O)NC(CO)C(=O)O)o2)CC(CO)C1. The van der Waals surface area contributed by atoms with Crippen LogP contribution in [0.15, 0.2) is 4.42 Å². The van der Waals surface area contributed by atoms with E-state index in [1.165, 1.54) is 0 Å². The maximum Gasteiger partial charge on any atom is 0.328 e. The summed E-state index contributed by atoms with van der Waals surface area (Å²) in [5, 5.41) is 47.9. The van der Waals surface area contributed by atoms with Crippen LogP contribution >= 0.6 is 0 Å². The number of aliphatic hydroxyl groups is 2. The lowest BCUT2D eigenvalue weighted by Crippen LogP contribution is -2.50. The number of nitrogens with one attached hydrogen (secondary N) is 2. The summed E-state index contributed by atoms with van der Waals surface area (Å²) in [4.78, 5) is 33.8. The van der Waals surface area contributed by atoms with E-state index in [1.807, 2.05) is 5.32 Å². The normalized spacial score (nSPS) is 23.3. The molecule has 2 amide bonds. The average Bonchev–Trinajstić information content (AvgIpc) is 3.10. The molecule has 0 spiro atoms. The number of nitrogens with zero attached hydrogens (tertiary/aromatic N) is 2. The molecule has 0 aromatic carbocycles. The molecule has 1 fully saturated rings. The monoisotopic (exact) mass is 401 g/mol. The Labute approximate surface area is 158 Å². The fraction of sp³-hybridized carbons (Fsp3) is 0.667. The zero-order valence-corrected chi connectivity index (χ0v) is 14.9. The number of carboxylic acids is 2. The molecule has 2 unspecified atom stereocenters. The summed E-state index contributed by atoms with van der Waals surface area (Å²) in [5.41, 5.74) is 5.25. The van der Waals surface area contributed by atoms with Gasteiger partial charge in [0.15, 0.2) is 6.04 Å². The average molecular weight is 401 g/mol. The van der Waals surface area contributed by atoms with Gasteiger partial charge in [-0.2, -0.15) is 0 Å². The van der Waals surface area contributed by atoms with Crippen LogP contribution < -0.4 is 16.4 Å². The van der Waals surface area contributed by atoms with Gasteiger partial charge in [-0.15, -0.1) is 10.2 Å². The molecular weight excluding hydrogens is 378 g/mol. The number of aromatic nitrogens is 2. The number of carbonyl (C=O) groups is 3. The van der Waals surface area contributed by atoms with Crippen LogP contribution in [-0.2, 0) is 15.1 Å². The predicted molar refractivity (Wildman–Crippen MR) is 89.8 cm³/mol. The second kappa shape index (κ2) is 8.95. The van der Waals surface area contributed by atoms with Crippen molar-refractivity contribution >= 4 is 18.0 Å². The first kappa shape index (κ1) is 21.5. The minimum absolute atomic E-state index is 0.0154. The molecule has 2 atom stereocenters. The summed E-state index contributed by atoms with van der Waals surface area (Å²) in [6, 6.07) is -3.50. The Hall–Kier alpha value is -2.77. The van der Waals surface area contributed by atoms with Gasteiger partial charge in [-0.25, -0.2) is 9.59 Å². The molecule has 13 heteroatoms. The first-order valence-electron chi connectivity index (χ1n) is 8.54. The van der Waals surface area contributed by atoms with Crippen LogP contribution in [0.1, 0.15) is 43.5 Å². The van der Waals surface area contributed by atoms with Gasteiger partial charge < -0.3 is 41.2 Å². The van der Waals surface area contributed by atoms with Crippen molar-refractivity contribution in [3.63, 3.8) is 0 Å². The lowest BCUT2D eigenvalue weighted by atomic mass is 9.69. The Morgan fingerprint density at radius 1 is 1.21 bits per heavy atom. The Balaban J connectivity index is 2.09. The minimum Gasteiger partial charge on any atom is -0.481 e. The fourth-order valence-electron chi connectivity index (χ4n) is 2.92. The number of aliphatic hydroxyl groups excluding tert-OH is 2. The molecule has 156 valence electrons. The summed E-state index contributed by atoms with van der Waals surface area (Å²) in [5.74, 6) is -2.51. The molecular formula is C15H23N5O8. The molecule has 1 aromatic rings. The number of carbonyl (C=O) groups excluding carboxylic acids is 1. The molecule has 1 aromatic heterocycles. The first-order valence-corrected chi connectivity index (χ1v) is 8.54. The number of carboxylic acid groups (broad SMARTS) is 2. The highest BCUT2D eigenvalue weighted by molar-refractivity contribution is 5.82. The van der Waals surface area contributed by atoms with Crippen molar-refractivity contribution in [1.29, 1.82) is 0 Å². The van der Waals surface area contributed by atoms with Crippen LogP contribution in [-0.4, -0.2) is 67.8 Å². The van der Waals surface area contributed by atoms with Crippen molar-refractivity contribution in [3.05, 3.63) is 11.8 Å². The van der Waals surface area contributed by atoms with E-state index >= 15 is 0 Å². The van der Waals surface area contributed by atoms with Gasteiger partial charge in [0.25, 0.3) is 0 Å². The van der Waals surface area contributed by atoms with Crippen molar-refractivity contribution in [1.82, 2.24) is 20.8 Å². The number of amides is 2. The highest BCUT2D eigenvalue weighted by Crippen LogP contribution is 2.42. The summed E-state index contributed by atoms with van der Waals surface area (Å²) >= 11 is 0.